The van der Waals surface area contributed by atoms with Crippen LogP contribution in [-0.2, 0) is 19.6 Å². The first-order chi connectivity index (χ1) is 20.1. The number of carbonyl (C=O) groups excluding carboxylic acids is 3. The van der Waals surface area contributed by atoms with Crippen molar-refractivity contribution in [3.8, 4) is 11.6 Å². The minimum absolute atomic E-state index is 0.0519. The van der Waals surface area contributed by atoms with Crippen molar-refractivity contribution in [1.82, 2.24) is 15.0 Å². The van der Waals surface area contributed by atoms with Gasteiger partial charge in [-0.1, -0.05) is 17.7 Å². The van der Waals surface area contributed by atoms with Gasteiger partial charge in [-0.15, -0.1) is 6.58 Å². The Labute approximate surface area is 255 Å². The number of likely N-dealkylation sites (tertiary alicyclic amines) is 1. The highest BCUT2D eigenvalue weighted by molar-refractivity contribution is 7.91. The molecule has 43 heavy (non-hydrogen) atoms. The maximum Gasteiger partial charge on any atom is 0.279 e. The number of sulfonamides is 1. The van der Waals surface area contributed by atoms with Gasteiger partial charge in [0.2, 0.25) is 15.9 Å². The van der Waals surface area contributed by atoms with Crippen LogP contribution in [-0.4, -0.2) is 77.9 Å². The predicted molar refractivity (Wildman–Crippen MR) is 156 cm³/mol. The molecule has 232 valence electrons. The Morgan fingerprint density at radius 3 is 2.49 bits per heavy atom. The summed E-state index contributed by atoms with van der Waals surface area (Å²) in [6.45, 7) is 8.62. The van der Waals surface area contributed by atoms with E-state index in [-0.39, 0.29) is 25.3 Å². The molecule has 1 unspecified atom stereocenters. The van der Waals surface area contributed by atoms with Gasteiger partial charge in [0.1, 0.15) is 17.8 Å². The maximum absolute atomic E-state index is 14.0. The lowest BCUT2D eigenvalue weighted by Crippen LogP contribution is -2.73. The fourth-order valence-electron chi connectivity index (χ4n) is 6.16. The van der Waals surface area contributed by atoms with Gasteiger partial charge < -0.3 is 24.7 Å². The molecule has 12 nitrogen and oxygen atoms in total. The number of carbonyl (C=O) groups is 3. The smallest absolute Gasteiger partial charge is 0.279 e. The molecule has 1 aliphatic heterocycles. The average Bonchev–Trinajstić information content (AvgIpc) is 3.85. The number of rotatable bonds is 9. The van der Waals surface area contributed by atoms with E-state index in [1.165, 1.54) is 19.4 Å². The maximum atomic E-state index is 14.0. The Kier molecular flexibility index (Phi) is 7.67. The third-order valence-electron chi connectivity index (χ3n) is 8.86. The summed E-state index contributed by atoms with van der Waals surface area (Å²) < 4.78 is 38.0. The number of amides is 3. The number of nitrogens with zero attached hydrogens (tertiary/aromatic N) is 2. The molecule has 3 fully saturated rings. The number of ether oxygens (including phenoxy) is 2. The van der Waals surface area contributed by atoms with Gasteiger partial charge in [-0.05, 0) is 58.2 Å². The van der Waals surface area contributed by atoms with E-state index in [4.69, 9.17) is 21.1 Å². The lowest BCUT2D eigenvalue weighted by Gasteiger charge is -2.48. The molecule has 2 N–H and O–H groups in total. The van der Waals surface area contributed by atoms with Crippen LogP contribution in [0.25, 0.3) is 10.8 Å². The predicted octanol–water partition coefficient (Wildman–Crippen LogP) is 2.04. The van der Waals surface area contributed by atoms with E-state index >= 15 is 0 Å². The lowest BCUT2D eigenvalue weighted by molar-refractivity contribution is -0.923. The van der Waals surface area contributed by atoms with Crippen molar-refractivity contribution in [2.45, 2.75) is 74.9 Å². The topological polar surface area (TPSA) is 164 Å². The number of fused-ring (bicyclic) bond motifs is 1. The summed E-state index contributed by atoms with van der Waals surface area (Å²) in [4.78, 5) is 44.6. The van der Waals surface area contributed by atoms with E-state index in [0.29, 0.717) is 34.4 Å². The normalized spacial score (nSPS) is 28.6. The molecule has 2 heterocycles. The molecule has 2 aliphatic carbocycles. The number of nitrogens with one attached hydrogen (secondary N) is 2. The Balaban J connectivity index is 1.46. The zero-order valence-electron chi connectivity index (χ0n) is 24.4. The zero-order chi connectivity index (χ0) is 31.5. The molecule has 1 aromatic heterocycles. The monoisotopic (exact) mass is 634 g/mol. The second-order valence-corrected chi connectivity index (χ2v) is 14.9. The number of hydrogen-bond acceptors (Lipinski definition) is 9. The molecule has 14 heteroatoms. The largest absolute Gasteiger partial charge is 0.498 e. The van der Waals surface area contributed by atoms with Crippen molar-refractivity contribution < 1.29 is 41.9 Å². The summed E-state index contributed by atoms with van der Waals surface area (Å²) in [6, 6.07) is 3.87. The Morgan fingerprint density at radius 2 is 1.93 bits per heavy atom. The van der Waals surface area contributed by atoms with Gasteiger partial charge in [-0.25, -0.2) is 13.4 Å². The van der Waals surface area contributed by atoms with Crippen molar-refractivity contribution >= 4 is 50.3 Å². The van der Waals surface area contributed by atoms with Gasteiger partial charge in [0.05, 0.1) is 30.5 Å². The van der Waals surface area contributed by atoms with E-state index in [9.17, 15) is 27.9 Å². The summed E-state index contributed by atoms with van der Waals surface area (Å²) in [7, 11) is -2.38. The molecule has 1 saturated heterocycles. The summed E-state index contributed by atoms with van der Waals surface area (Å²) in [5.41, 5.74) is -2.60. The molecule has 0 spiro atoms. The van der Waals surface area contributed by atoms with Crippen LogP contribution in [0.5, 0.6) is 11.6 Å². The summed E-state index contributed by atoms with van der Waals surface area (Å²) in [5, 5.41) is 16.7. The molecule has 1 aromatic carbocycles. The van der Waals surface area contributed by atoms with Crippen molar-refractivity contribution in [2.24, 2.45) is 5.92 Å². The first-order valence-corrected chi connectivity index (χ1v) is 15.9. The quantitative estimate of drug-likeness (QED) is 0.310. The van der Waals surface area contributed by atoms with Crippen LogP contribution in [0.2, 0.25) is 5.02 Å². The fourth-order valence-corrected chi connectivity index (χ4v) is 7.70. The second kappa shape index (κ2) is 10.6. The number of pyridine rings is 1. The zero-order valence-corrected chi connectivity index (χ0v) is 26.0. The molecule has 5 rings (SSSR count). The highest BCUT2D eigenvalue weighted by Gasteiger charge is 2.65. The van der Waals surface area contributed by atoms with Gasteiger partial charge in [0.15, 0.2) is 12.1 Å². The molecule has 3 aliphatic rings. The van der Waals surface area contributed by atoms with Crippen molar-refractivity contribution in [1.29, 1.82) is 0 Å². The fraction of sp³-hybridized carbons (Fsp3) is 0.517. The van der Waals surface area contributed by atoms with E-state index in [1.54, 1.807) is 39.0 Å². The lowest BCUT2D eigenvalue weighted by atomic mass is 9.99. The molecule has 2 saturated carbocycles. The van der Waals surface area contributed by atoms with Crippen LogP contribution in [0, 0.1) is 5.92 Å². The van der Waals surface area contributed by atoms with Crippen LogP contribution in [0.4, 0.5) is 4.79 Å². The molecule has 0 radical (unpaired) electrons. The van der Waals surface area contributed by atoms with E-state index in [1.807, 2.05) is 0 Å². The number of hydrogen-bond donors (Lipinski definition) is 2. The molecule has 3 amide bonds. The summed E-state index contributed by atoms with van der Waals surface area (Å²) in [6.07, 6.45) is 1.66. The van der Waals surface area contributed by atoms with Crippen molar-refractivity contribution in [2.75, 3.05) is 13.7 Å². The van der Waals surface area contributed by atoms with Crippen LogP contribution in [0.15, 0.2) is 37.1 Å². The van der Waals surface area contributed by atoms with Crippen LogP contribution < -0.4 is 24.6 Å². The average molecular weight is 635 g/mol. The Hall–Kier alpha value is -3.42. The molecule has 0 bridgehead atoms. The molecular formula is C29H35ClN4O8S. The first kappa shape index (κ1) is 31.0. The highest BCUT2D eigenvalue weighted by Crippen LogP contribution is 2.46. The Morgan fingerprint density at radius 1 is 1.23 bits per heavy atom. The van der Waals surface area contributed by atoms with Gasteiger partial charge in [0.25, 0.3) is 17.9 Å². The number of carboxylic acid groups (broad SMARTS) is 1. The van der Waals surface area contributed by atoms with Crippen molar-refractivity contribution in [3.05, 3.63) is 42.1 Å². The van der Waals surface area contributed by atoms with Gasteiger partial charge in [-0.2, -0.15) is 0 Å². The van der Waals surface area contributed by atoms with Gasteiger partial charge in [0, 0.05) is 21.7 Å². The molecule has 2 aromatic rings. The SMILES string of the molecule is C=C[C@@H]1C[C@]1(NC(=O)[C@@H]1C[C@@H](Oc2ncc(OC)c3ccc(Cl)cc23)C[N+]1(C(=O)[O-])C(C)(C)C)C(=O)NS(=O)(=O)C1CC1. The van der Waals surface area contributed by atoms with E-state index in [0.717, 1.165) is 0 Å². The summed E-state index contributed by atoms with van der Waals surface area (Å²) in [5.74, 6) is -1.45. The highest BCUT2D eigenvalue weighted by atomic mass is 35.5. The molecular weight excluding hydrogens is 600 g/mol. The van der Waals surface area contributed by atoms with Crippen LogP contribution >= 0.6 is 11.6 Å². The van der Waals surface area contributed by atoms with Gasteiger partial charge >= 0.3 is 0 Å². The van der Waals surface area contributed by atoms with E-state index in [2.05, 4.69) is 21.6 Å². The number of benzene rings is 1. The number of quaternary nitrogens is 1. The number of aromatic nitrogens is 1. The second-order valence-electron chi connectivity index (χ2n) is 12.5. The van der Waals surface area contributed by atoms with Crippen LogP contribution in [0.3, 0.4) is 0 Å². The third-order valence-corrected chi connectivity index (χ3v) is 10.9. The molecule has 5 atom stereocenters. The minimum Gasteiger partial charge on any atom is -0.498 e. The van der Waals surface area contributed by atoms with Crippen LogP contribution in [0.1, 0.15) is 46.5 Å². The standard InChI is InChI=1S/C29H35ClN4O8S/c1-6-16-13-29(16,26(36)33-43(39,40)19-8-9-19)32-24(35)22-12-18(15-34(22,27(37)38)28(2,3)4)42-25-21-11-17(30)7-10-20(21)23(41-5)14-31-25/h6-7,10-11,14,16,18-19,22H,1,8-9,12-13,15H2,2-5H3,(H2-,32,33,35,36,37,38)/t16-,18-,22+,29-,34?/m1/s1. The van der Waals surface area contributed by atoms with E-state index < -0.39 is 66.8 Å². The van der Waals surface area contributed by atoms with Crippen molar-refractivity contribution in [3.63, 3.8) is 0 Å². The first-order valence-electron chi connectivity index (χ1n) is 14.0. The van der Waals surface area contributed by atoms with Gasteiger partial charge in [-0.3, -0.25) is 18.8 Å². The number of methoxy groups -OCH3 is 1. The minimum atomic E-state index is -3.88. The number of halogens is 1. The third kappa shape index (κ3) is 5.31. The Bertz CT molecular complexity index is 1620. The summed E-state index contributed by atoms with van der Waals surface area (Å²) >= 11 is 6.25.